The lowest BCUT2D eigenvalue weighted by molar-refractivity contribution is -0.143. The second-order valence-corrected chi connectivity index (χ2v) is 5.78. The Bertz CT molecular complexity index is 517. The summed E-state index contributed by atoms with van der Waals surface area (Å²) in [5.41, 5.74) is 0.685. The summed E-state index contributed by atoms with van der Waals surface area (Å²) in [4.78, 5) is 23.2. The van der Waals surface area contributed by atoms with Crippen LogP contribution in [-0.2, 0) is 9.59 Å². The highest BCUT2D eigenvalue weighted by Gasteiger charge is 2.26. The summed E-state index contributed by atoms with van der Waals surface area (Å²) >= 11 is 11.7. The maximum absolute atomic E-state index is 12.1. The topological polar surface area (TPSA) is 66.4 Å². The van der Waals surface area contributed by atoms with Gasteiger partial charge in [0.15, 0.2) is 0 Å². The van der Waals surface area contributed by atoms with Gasteiger partial charge in [-0.2, -0.15) is 0 Å². The zero-order chi connectivity index (χ0) is 15.4. The first-order chi connectivity index (χ1) is 9.23. The van der Waals surface area contributed by atoms with Gasteiger partial charge in [-0.3, -0.25) is 4.79 Å². The van der Waals surface area contributed by atoms with Gasteiger partial charge in [0.2, 0.25) is 5.91 Å². The third-order valence-corrected chi connectivity index (χ3v) is 3.81. The molecule has 1 aromatic rings. The molecule has 4 nitrogen and oxygen atoms in total. The van der Waals surface area contributed by atoms with Crippen molar-refractivity contribution in [3.63, 3.8) is 0 Å². The molecule has 1 amide bonds. The summed E-state index contributed by atoms with van der Waals surface area (Å²) in [6, 6.07) is 4.01. The van der Waals surface area contributed by atoms with E-state index in [0.717, 1.165) is 0 Å². The molecular formula is C14H17Cl2NO3. The standard InChI is InChI=1S/C14H17Cl2NO3/c1-7(2)12(14(19)20)17-13(18)8(3)9-4-5-10(15)11(16)6-9/h4-8,12H,1-3H3,(H,17,18)(H,19,20). The Labute approximate surface area is 128 Å². The van der Waals surface area contributed by atoms with E-state index >= 15 is 0 Å². The Morgan fingerprint density at radius 3 is 2.20 bits per heavy atom. The van der Waals surface area contributed by atoms with Gasteiger partial charge in [0, 0.05) is 0 Å². The fraction of sp³-hybridized carbons (Fsp3) is 0.429. The van der Waals surface area contributed by atoms with Crippen LogP contribution in [-0.4, -0.2) is 23.0 Å². The van der Waals surface area contributed by atoms with Crippen LogP contribution in [0.25, 0.3) is 0 Å². The molecule has 0 spiro atoms. The van der Waals surface area contributed by atoms with Gasteiger partial charge in [-0.05, 0) is 30.5 Å². The molecule has 0 aliphatic heterocycles. The minimum Gasteiger partial charge on any atom is -0.480 e. The van der Waals surface area contributed by atoms with Crippen molar-refractivity contribution in [1.82, 2.24) is 5.32 Å². The lowest BCUT2D eigenvalue weighted by Gasteiger charge is -2.20. The second-order valence-electron chi connectivity index (χ2n) is 4.96. The molecule has 2 unspecified atom stereocenters. The van der Waals surface area contributed by atoms with Crippen LogP contribution in [0.3, 0.4) is 0 Å². The van der Waals surface area contributed by atoms with Gasteiger partial charge < -0.3 is 10.4 Å². The number of halogens is 2. The van der Waals surface area contributed by atoms with Crippen LogP contribution < -0.4 is 5.32 Å². The van der Waals surface area contributed by atoms with Crippen LogP contribution >= 0.6 is 23.2 Å². The third-order valence-electron chi connectivity index (χ3n) is 3.07. The van der Waals surface area contributed by atoms with Crippen molar-refractivity contribution in [2.45, 2.75) is 32.7 Å². The van der Waals surface area contributed by atoms with Crippen LogP contribution in [0, 0.1) is 5.92 Å². The number of carboxylic acids is 1. The number of nitrogens with one attached hydrogen (secondary N) is 1. The first kappa shape index (κ1) is 16.8. The van der Waals surface area contributed by atoms with Crippen molar-refractivity contribution in [2.75, 3.05) is 0 Å². The molecule has 1 aromatic carbocycles. The van der Waals surface area contributed by atoms with E-state index in [-0.39, 0.29) is 11.8 Å². The Morgan fingerprint density at radius 2 is 1.75 bits per heavy atom. The summed E-state index contributed by atoms with van der Waals surface area (Å²) in [7, 11) is 0. The Hall–Kier alpha value is -1.26. The van der Waals surface area contributed by atoms with Gasteiger partial charge in [0.25, 0.3) is 0 Å². The van der Waals surface area contributed by atoms with Crippen LogP contribution in [0.5, 0.6) is 0 Å². The van der Waals surface area contributed by atoms with E-state index < -0.39 is 17.9 Å². The first-order valence-corrected chi connectivity index (χ1v) is 6.97. The normalized spacial score (nSPS) is 13.9. The van der Waals surface area contributed by atoms with E-state index in [1.165, 1.54) is 0 Å². The van der Waals surface area contributed by atoms with Crippen molar-refractivity contribution in [1.29, 1.82) is 0 Å². The molecule has 0 saturated heterocycles. The molecule has 0 aliphatic carbocycles. The van der Waals surface area contributed by atoms with Gasteiger partial charge >= 0.3 is 5.97 Å². The minimum atomic E-state index is -1.05. The van der Waals surface area contributed by atoms with Gasteiger partial charge in [-0.15, -0.1) is 0 Å². The number of benzene rings is 1. The average Bonchev–Trinajstić information content (AvgIpc) is 2.37. The van der Waals surface area contributed by atoms with Gasteiger partial charge in [-0.1, -0.05) is 43.1 Å². The number of hydrogen-bond acceptors (Lipinski definition) is 2. The molecule has 20 heavy (non-hydrogen) atoms. The molecule has 0 heterocycles. The second kappa shape index (κ2) is 6.95. The molecule has 0 aromatic heterocycles. The van der Waals surface area contributed by atoms with Crippen LogP contribution in [0.4, 0.5) is 0 Å². The molecule has 0 fully saturated rings. The maximum Gasteiger partial charge on any atom is 0.326 e. The average molecular weight is 318 g/mol. The smallest absolute Gasteiger partial charge is 0.326 e. The van der Waals surface area contributed by atoms with Crippen LogP contribution in [0.2, 0.25) is 10.0 Å². The molecule has 6 heteroatoms. The number of aliphatic carboxylic acids is 1. The van der Waals surface area contributed by atoms with Crippen molar-refractivity contribution in [3.05, 3.63) is 33.8 Å². The van der Waals surface area contributed by atoms with Gasteiger partial charge in [-0.25, -0.2) is 4.79 Å². The summed E-state index contributed by atoms with van der Waals surface area (Å²) in [5.74, 6) is -2.11. The number of carbonyl (C=O) groups excluding carboxylic acids is 1. The first-order valence-electron chi connectivity index (χ1n) is 6.22. The summed E-state index contributed by atoms with van der Waals surface area (Å²) in [6.45, 7) is 5.17. The highest BCUT2D eigenvalue weighted by atomic mass is 35.5. The zero-order valence-corrected chi connectivity index (χ0v) is 13.0. The predicted molar refractivity (Wildman–Crippen MR) is 79.3 cm³/mol. The van der Waals surface area contributed by atoms with Crippen LogP contribution in [0.1, 0.15) is 32.3 Å². The molecular weight excluding hydrogens is 301 g/mol. The predicted octanol–water partition coefficient (Wildman–Crippen LogP) is 3.32. The number of hydrogen-bond donors (Lipinski definition) is 2. The third kappa shape index (κ3) is 4.12. The fourth-order valence-electron chi connectivity index (χ4n) is 1.72. The molecule has 110 valence electrons. The monoisotopic (exact) mass is 317 g/mol. The summed E-state index contributed by atoms with van der Waals surface area (Å²) in [6.07, 6.45) is 0. The van der Waals surface area contributed by atoms with Crippen molar-refractivity contribution in [2.24, 2.45) is 5.92 Å². The highest BCUT2D eigenvalue weighted by Crippen LogP contribution is 2.26. The van der Waals surface area contributed by atoms with E-state index in [1.54, 1.807) is 39.0 Å². The molecule has 0 bridgehead atoms. The number of amides is 1. The number of carboxylic acid groups (broad SMARTS) is 1. The maximum atomic E-state index is 12.1. The summed E-state index contributed by atoms with van der Waals surface area (Å²) < 4.78 is 0. The molecule has 0 aliphatic rings. The Balaban J connectivity index is 2.85. The Kier molecular flexibility index (Phi) is 5.84. The highest BCUT2D eigenvalue weighted by molar-refractivity contribution is 6.42. The molecule has 2 N–H and O–H groups in total. The zero-order valence-electron chi connectivity index (χ0n) is 11.5. The Morgan fingerprint density at radius 1 is 1.15 bits per heavy atom. The van der Waals surface area contributed by atoms with Crippen molar-refractivity contribution >= 4 is 35.1 Å². The molecule has 0 saturated carbocycles. The lowest BCUT2D eigenvalue weighted by Crippen LogP contribution is -2.45. The number of carbonyl (C=O) groups is 2. The largest absolute Gasteiger partial charge is 0.480 e. The lowest BCUT2D eigenvalue weighted by atomic mass is 9.98. The minimum absolute atomic E-state index is 0.197. The van der Waals surface area contributed by atoms with Crippen LogP contribution in [0.15, 0.2) is 18.2 Å². The van der Waals surface area contributed by atoms with E-state index in [9.17, 15) is 9.59 Å². The SMILES string of the molecule is CC(C(=O)NC(C(=O)O)C(C)C)c1ccc(Cl)c(Cl)c1. The van der Waals surface area contributed by atoms with E-state index in [0.29, 0.717) is 15.6 Å². The molecule has 1 rings (SSSR count). The van der Waals surface area contributed by atoms with Gasteiger partial charge in [0.1, 0.15) is 6.04 Å². The van der Waals surface area contributed by atoms with Gasteiger partial charge in [0.05, 0.1) is 16.0 Å². The van der Waals surface area contributed by atoms with E-state index in [2.05, 4.69) is 5.32 Å². The van der Waals surface area contributed by atoms with Crippen molar-refractivity contribution in [3.8, 4) is 0 Å². The quantitative estimate of drug-likeness (QED) is 0.875. The van der Waals surface area contributed by atoms with Crippen molar-refractivity contribution < 1.29 is 14.7 Å². The fourth-order valence-corrected chi connectivity index (χ4v) is 2.03. The molecule has 2 atom stereocenters. The van der Waals surface area contributed by atoms with E-state index in [4.69, 9.17) is 28.3 Å². The number of rotatable bonds is 5. The summed E-state index contributed by atoms with van der Waals surface area (Å²) in [5, 5.41) is 12.4. The van der Waals surface area contributed by atoms with E-state index in [1.807, 2.05) is 0 Å². The molecule has 0 radical (unpaired) electrons.